The molecule has 0 saturated carbocycles. The van der Waals surface area contributed by atoms with Gasteiger partial charge in [-0.1, -0.05) is 158 Å². The van der Waals surface area contributed by atoms with Gasteiger partial charge in [0.25, 0.3) is 0 Å². The Hall–Kier alpha value is -7.56. The van der Waals surface area contributed by atoms with Crippen molar-refractivity contribution in [2.75, 3.05) is 0 Å². The molecule has 2 aromatic heterocycles. The molecule has 268 valence electrons. The van der Waals surface area contributed by atoms with Crippen molar-refractivity contribution in [2.45, 2.75) is 6.92 Å². The van der Waals surface area contributed by atoms with Crippen molar-refractivity contribution in [3.8, 4) is 78.7 Å². The van der Waals surface area contributed by atoms with E-state index in [9.17, 15) is 0 Å². The van der Waals surface area contributed by atoms with E-state index < -0.39 is 0 Å². The fraction of sp³-hybridized carbons (Fsp3) is 0.0189. The first-order chi connectivity index (χ1) is 28.1. The number of nitrogens with zero attached hydrogens (tertiary/aromatic N) is 4. The predicted octanol–water partition coefficient (Wildman–Crippen LogP) is 13.6. The number of benzene rings is 8. The Kier molecular flexibility index (Phi) is 8.69. The molecule has 2 heterocycles. The van der Waals surface area contributed by atoms with Crippen LogP contribution >= 0.6 is 0 Å². The van der Waals surface area contributed by atoms with Crippen molar-refractivity contribution in [2.24, 2.45) is 0 Å². The van der Waals surface area contributed by atoms with Crippen LogP contribution in [0.5, 0.6) is 0 Å². The zero-order chi connectivity index (χ0) is 38.1. The molecule has 0 unspecified atom stereocenters. The van der Waals surface area contributed by atoms with Crippen molar-refractivity contribution in [1.82, 2.24) is 19.9 Å². The van der Waals surface area contributed by atoms with E-state index >= 15 is 0 Å². The second-order valence-corrected chi connectivity index (χ2v) is 14.4. The van der Waals surface area contributed by atoms with Crippen molar-refractivity contribution in [3.63, 3.8) is 0 Å². The molecular weight excluding hydrogens is 693 g/mol. The van der Waals surface area contributed by atoms with Crippen LogP contribution < -0.4 is 0 Å². The zero-order valence-electron chi connectivity index (χ0n) is 31.3. The van der Waals surface area contributed by atoms with Gasteiger partial charge in [-0.3, -0.25) is 4.98 Å². The molecule has 0 saturated heterocycles. The summed E-state index contributed by atoms with van der Waals surface area (Å²) >= 11 is 0. The fourth-order valence-corrected chi connectivity index (χ4v) is 7.68. The lowest BCUT2D eigenvalue weighted by Crippen LogP contribution is -2.00. The van der Waals surface area contributed by atoms with E-state index in [-0.39, 0.29) is 0 Å². The molecule has 0 amide bonds. The number of aromatic nitrogens is 4. The third-order valence-corrected chi connectivity index (χ3v) is 10.6. The second kappa shape index (κ2) is 14.6. The summed E-state index contributed by atoms with van der Waals surface area (Å²) in [5.41, 5.74) is 12.8. The molecule has 0 fully saturated rings. The zero-order valence-corrected chi connectivity index (χ0v) is 31.3. The van der Waals surface area contributed by atoms with Crippen LogP contribution in [0.4, 0.5) is 0 Å². The molecule has 10 aromatic rings. The standard InChI is InChI=1S/C53H36N4/c1-35-23-24-43(34-54-35)41-19-12-18-40(29-41)36-25-27-37(28-26-36)44-30-45(50-33-42-17-8-9-20-47(42)48-21-10-11-22-49(48)50)32-46(31-44)53-56-51(38-13-4-2-5-14-38)55-52(57-53)39-15-6-3-7-16-39/h2-34H,1H3. The van der Waals surface area contributed by atoms with Crippen LogP contribution in [0.3, 0.4) is 0 Å². The molecule has 0 aliphatic heterocycles. The van der Waals surface area contributed by atoms with Gasteiger partial charge in [0.15, 0.2) is 17.5 Å². The van der Waals surface area contributed by atoms with E-state index in [2.05, 4.69) is 138 Å². The summed E-state index contributed by atoms with van der Waals surface area (Å²) in [4.78, 5) is 19.8. The molecule has 0 aliphatic carbocycles. The van der Waals surface area contributed by atoms with Crippen LogP contribution in [-0.2, 0) is 0 Å². The smallest absolute Gasteiger partial charge is 0.164 e. The summed E-state index contributed by atoms with van der Waals surface area (Å²) in [5, 5.41) is 4.86. The summed E-state index contributed by atoms with van der Waals surface area (Å²) in [6, 6.07) is 68.4. The first-order valence-corrected chi connectivity index (χ1v) is 19.2. The van der Waals surface area contributed by atoms with Gasteiger partial charge in [0.2, 0.25) is 0 Å². The average Bonchev–Trinajstić information content (AvgIpc) is 3.29. The van der Waals surface area contributed by atoms with E-state index in [0.717, 1.165) is 66.9 Å². The molecule has 0 bridgehead atoms. The molecule has 4 heteroatoms. The van der Waals surface area contributed by atoms with Crippen molar-refractivity contribution in [3.05, 3.63) is 206 Å². The van der Waals surface area contributed by atoms with Gasteiger partial charge >= 0.3 is 0 Å². The minimum atomic E-state index is 0.620. The largest absolute Gasteiger partial charge is 0.261 e. The molecule has 0 radical (unpaired) electrons. The van der Waals surface area contributed by atoms with Gasteiger partial charge in [0.1, 0.15) is 0 Å². The van der Waals surface area contributed by atoms with Crippen LogP contribution in [0.2, 0.25) is 0 Å². The molecule has 10 rings (SSSR count). The Labute approximate surface area is 331 Å². The number of hydrogen-bond donors (Lipinski definition) is 0. The monoisotopic (exact) mass is 728 g/mol. The number of pyridine rings is 1. The SMILES string of the molecule is Cc1ccc(-c2cccc(-c3ccc(-c4cc(-c5nc(-c6ccccc6)nc(-c6ccccc6)n5)cc(-c5cc6ccccc6c6ccccc56)c4)cc3)c2)cn1. The molecule has 8 aromatic carbocycles. The summed E-state index contributed by atoms with van der Waals surface area (Å²) < 4.78 is 0. The van der Waals surface area contributed by atoms with Crippen LogP contribution in [0.25, 0.3) is 100 Å². The van der Waals surface area contributed by atoms with Gasteiger partial charge in [-0.15, -0.1) is 0 Å². The average molecular weight is 729 g/mol. The Bertz CT molecular complexity index is 2990. The molecule has 57 heavy (non-hydrogen) atoms. The molecule has 0 atom stereocenters. The molecular formula is C53H36N4. The highest BCUT2D eigenvalue weighted by molar-refractivity contribution is 6.14. The van der Waals surface area contributed by atoms with Gasteiger partial charge in [0.05, 0.1) is 0 Å². The van der Waals surface area contributed by atoms with Crippen LogP contribution in [0, 0.1) is 6.92 Å². The van der Waals surface area contributed by atoms with E-state index in [1.165, 1.54) is 21.5 Å². The Morgan fingerprint density at radius 2 is 0.772 bits per heavy atom. The van der Waals surface area contributed by atoms with Gasteiger partial charge < -0.3 is 0 Å². The third-order valence-electron chi connectivity index (χ3n) is 10.6. The Morgan fingerprint density at radius 3 is 1.42 bits per heavy atom. The second-order valence-electron chi connectivity index (χ2n) is 14.4. The van der Waals surface area contributed by atoms with E-state index in [1.807, 2.05) is 73.8 Å². The molecule has 0 spiro atoms. The van der Waals surface area contributed by atoms with Gasteiger partial charge in [-0.25, -0.2) is 15.0 Å². The normalized spacial score (nSPS) is 11.2. The lowest BCUT2D eigenvalue weighted by molar-refractivity contribution is 1.07. The first kappa shape index (κ1) is 34.0. The highest BCUT2D eigenvalue weighted by atomic mass is 15.0. The predicted molar refractivity (Wildman–Crippen MR) is 235 cm³/mol. The van der Waals surface area contributed by atoms with Crippen LogP contribution in [0.15, 0.2) is 200 Å². The minimum Gasteiger partial charge on any atom is -0.261 e. The molecule has 0 aliphatic rings. The van der Waals surface area contributed by atoms with Gasteiger partial charge in [0, 0.05) is 34.1 Å². The van der Waals surface area contributed by atoms with Crippen LogP contribution in [0.1, 0.15) is 5.69 Å². The maximum absolute atomic E-state index is 5.15. The fourth-order valence-electron chi connectivity index (χ4n) is 7.68. The van der Waals surface area contributed by atoms with E-state index in [0.29, 0.717) is 17.5 Å². The Morgan fingerprint density at radius 1 is 0.298 bits per heavy atom. The van der Waals surface area contributed by atoms with Crippen molar-refractivity contribution >= 4 is 21.5 Å². The number of aryl methyl sites for hydroxylation is 1. The lowest BCUT2D eigenvalue weighted by Gasteiger charge is -2.15. The van der Waals surface area contributed by atoms with E-state index in [1.54, 1.807) is 0 Å². The quantitative estimate of drug-likeness (QED) is 0.153. The summed E-state index contributed by atoms with van der Waals surface area (Å²) in [6.07, 6.45) is 1.94. The highest BCUT2D eigenvalue weighted by Crippen LogP contribution is 2.39. The van der Waals surface area contributed by atoms with E-state index in [4.69, 9.17) is 15.0 Å². The first-order valence-electron chi connectivity index (χ1n) is 19.2. The molecule has 4 nitrogen and oxygen atoms in total. The lowest BCUT2D eigenvalue weighted by atomic mass is 9.90. The topological polar surface area (TPSA) is 51.6 Å². The van der Waals surface area contributed by atoms with Crippen molar-refractivity contribution in [1.29, 1.82) is 0 Å². The maximum Gasteiger partial charge on any atom is 0.164 e. The summed E-state index contributed by atoms with van der Waals surface area (Å²) in [7, 11) is 0. The van der Waals surface area contributed by atoms with Crippen LogP contribution in [-0.4, -0.2) is 19.9 Å². The van der Waals surface area contributed by atoms with Gasteiger partial charge in [-0.05, 0) is 104 Å². The highest BCUT2D eigenvalue weighted by Gasteiger charge is 2.17. The Balaban J connectivity index is 1.15. The summed E-state index contributed by atoms with van der Waals surface area (Å²) in [6.45, 7) is 2.01. The summed E-state index contributed by atoms with van der Waals surface area (Å²) in [5.74, 6) is 1.89. The van der Waals surface area contributed by atoms with Gasteiger partial charge in [-0.2, -0.15) is 0 Å². The molecule has 0 N–H and O–H groups in total. The third kappa shape index (κ3) is 6.75. The minimum absolute atomic E-state index is 0.620. The van der Waals surface area contributed by atoms with Crippen molar-refractivity contribution < 1.29 is 0 Å². The number of rotatable bonds is 7. The number of fused-ring (bicyclic) bond motifs is 3. The maximum atomic E-state index is 5.15. The number of hydrogen-bond acceptors (Lipinski definition) is 4.